The van der Waals surface area contributed by atoms with Crippen LogP contribution in [0.15, 0.2) is 40.2 Å². The van der Waals surface area contributed by atoms with Gasteiger partial charge in [0.1, 0.15) is 5.82 Å². The zero-order valence-electron chi connectivity index (χ0n) is 11.0. The summed E-state index contributed by atoms with van der Waals surface area (Å²) >= 11 is 5.04. The van der Waals surface area contributed by atoms with Gasteiger partial charge in [-0.1, -0.05) is 28.1 Å². The highest BCUT2D eigenvalue weighted by Gasteiger charge is 2.14. The van der Waals surface area contributed by atoms with Gasteiger partial charge in [0.25, 0.3) is 0 Å². The third-order valence-electron chi connectivity index (χ3n) is 3.05. The Morgan fingerprint density at radius 2 is 2.11 bits per heavy atom. The van der Waals surface area contributed by atoms with Gasteiger partial charge in [0.15, 0.2) is 0 Å². The first-order chi connectivity index (χ1) is 9.06. The van der Waals surface area contributed by atoms with E-state index in [1.54, 1.807) is 11.3 Å². The van der Waals surface area contributed by atoms with Crippen molar-refractivity contribution in [2.75, 3.05) is 0 Å². The van der Waals surface area contributed by atoms with E-state index >= 15 is 0 Å². The van der Waals surface area contributed by atoms with Crippen molar-refractivity contribution in [1.82, 2.24) is 5.32 Å². The molecule has 0 amide bonds. The Labute approximate surface area is 126 Å². The molecule has 0 aliphatic carbocycles. The fourth-order valence-electron chi connectivity index (χ4n) is 2.16. The van der Waals surface area contributed by atoms with Crippen molar-refractivity contribution in [3.05, 3.63) is 56.4 Å². The zero-order chi connectivity index (χ0) is 13.8. The van der Waals surface area contributed by atoms with Crippen LogP contribution in [-0.2, 0) is 6.42 Å². The van der Waals surface area contributed by atoms with Crippen molar-refractivity contribution in [2.24, 2.45) is 0 Å². The van der Waals surface area contributed by atoms with Crippen molar-refractivity contribution >= 4 is 27.3 Å². The molecular weight excluding hydrogens is 325 g/mol. The van der Waals surface area contributed by atoms with Gasteiger partial charge >= 0.3 is 0 Å². The van der Waals surface area contributed by atoms with Crippen LogP contribution in [0.25, 0.3) is 0 Å². The fraction of sp³-hybridized carbons (Fsp3) is 0.333. The van der Waals surface area contributed by atoms with Gasteiger partial charge in [-0.2, -0.15) is 0 Å². The summed E-state index contributed by atoms with van der Waals surface area (Å²) in [6, 6.07) is 9.73. The molecule has 1 nitrogen and oxygen atoms in total. The second-order valence-electron chi connectivity index (χ2n) is 4.74. The van der Waals surface area contributed by atoms with Crippen molar-refractivity contribution in [1.29, 1.82) is 0 Å². The molecule has 2 rings (SSSR count). The van der Waals surface area contributed by atoms with Gasteiger partial charge in [-0.05, 0) is 43.8 Å². The topological polar surface area (TPSA) is 12.0 Å². The van der Waals surface area contributed by atoms with E-state index in [0.717, 1.165) is 10.9 Å². The predicted octanol–water partition coefficient (Wildman–Crippen LogP) is 4.93. The van der Waals surface area contributed by atoms with Crippen LogP contribution in [0.3, 0.4) is 0 Å². The molecule has 0 saturated carbocycles. The normalized spacial score (nSPS) is 14.3. The van der Waals surface area contributed by atoms with Crippen LogP contribution in [-0.4, -0.2) is 6.04 Å². The number of hydrogen-bond acceptors (Lipinski definition) is 2. The summed E-state index contributed by atoms with van der Waals surface area (Å²) in [7, 11) is 0. The molecule has 1 aromatic heterocycles. The molecule has 1 heterocycles. The van der Waals surface area contributed by atoms with Gasteiger partial charge in [0.2, 0.25) is 0 Å². The minimum Gasteiger partial charge on any atom is -0.307 e. The Morgan fingerprint density at radius 1 is 1.32 bits per heavy atom. The molecule has 0 aliphatic heterocycles. The molecule has 2 aromatic rings. The zero-order valence-corrected chi connectivity index (χ0v) is 13.4. The van der Waals surface area contributed by atoms with Gasteiger partial charge in [-0.15, -0.1) is 11.3 Å². The smallest absolute Gasteiger partial charge is 0.129 e. The molecule has 0 radical (unpaired) electrons. The molecule has 4 heteroatoms. The van der Waals surface area contributed by atoms with Crippen molar-refractivity contribution in [3.8, 4) is 0 Å². The SMILES string of the molecule is CC(Cc1cccs1)NC(C)c1ccc(Br)cc1F. The molecule has 0 bridgehead atoms. The molecule has 1 N–H and O–H groups in total. The van der Waals surface area contributed by atoms with Crippen molar-refractivity contribution < 1.29 is 4.39 Å². The summed E-state index contributed by atoms with van der Waals surface area (Å²) in [5.74, 6) is -0.169. The minimum absolute atomic E-state index is 0.00284. The molecule has 0 aliphatic rings. The number of benzene rings is 1. The number of halogens is 2. The quantitative estimate of drug-likeness (QED) is 0.812. The van der Waals surface area contributed by atoms with E-state index in [2.05, 4.69) is 45.7 Å². The maximum Gasteiger partial charge on any atom is 0.129 e. The van der Waals surface area contributed by atoms with Crippen LogP contribution in [0.4, 0.5) is 4.39 Å². The Kier molecular flexibility index (Phi) is 5.13. The van der Waals surface area contributed by atoms with Crippen LogP contribution in [0, 0.1) is 5.82 Å². The number of hydrogen-bond donors (Lipinski definition) is 1. The molecule has 0 saturated heterocycles. The van der Waals surface area contributed by atoms with E-state index in [-0.39, 0.29) is 11.9 Å². The second kappa shape index (κ2) is 6.64. The van der Waals surface area contributed by atoms with E-state index < -0.39 is 0 Å². The molecule has 0 fully saturated rings. The van der Waals surface area contributed by atoms with Crippen LogP contribution < -0.4 is 5.32 Å². The highest BCUT2D eigenvalue weighted by Crippen LogP contribution is 2.22. The predicted molar refractivity (Wildman–Crippen MR) is 83.1 cm³/mol. The molecule has 19 heavy (non-hydrogen) atoms. The summed E-state index contributed by atoms with van der Waals surface area (Å²) in [4.78, 5) is 1.35. The second-order valence-corrected chi connectivity index (χ2v) is 6.69. The summed E-state index contributed by atoms with van der Waals surface area (Å²) in [6.07, 6.45) is 0.972. The standard InChI is InChI=1S/C15H17BrFNS/c1-10(8-13-4-3-7-19-13)18-11(2)14-6-5-12(16)9-15(14)17/h3-7,9-11,18H,8H2,1-2H3. The summed E-state index contributed by atoms with van der Waals surface area (Å²) in [5, 5.41) is 5.53. The van der Waals surface area contributed by atoms with Gasteiger partial charge in [0, 0.05) is 27.0 Å². The Bertz CT molecular complexity index is 527. The molecule has 2 unspecified atom stereocenters. The van der Waals surface area contributed by atoms with Gasteiger partial charge < -0.3 is 5.32 Å². The van der Waals surface area contributed by atoms with Crippen LogP contribution in [0.2, 0.25) is 0 Å². The highest BCUT2D eigenvalue weighted by atomic mass is 79.9. The van der Waals surface area contributed by atoms with E-state index in [4.69, 9.17) is 0 Å². The summed E-state index contributed by atoms with van der Waals surface area (Å²) < 4.78 is 14.6. The largest absolute Gasteiger partial charge is 0.307 e. The van der Waals surface area contributed by atoms with Gasteiger partial charge in [-0.3, -0.25) is 0 Å². The average molecular weight is 342 g/mol. The minimum atomic E-state index is -0.169. The first-order valence-electron chi connectivity index (χ1n) is 6.29. The molecule has 102 valence electrons. The third-order valence-corrected chi connectivity index (χ3v) is 4.44. The Balaban J connectivity index is 1.98. The Hall–Kier alpha value is -0.710. The van der Waals surface area contributed by atoms with E-state index in [1.807, 2.05) is 19.1 Å². The van der Waals surface area contributed by atoms with E-state index in [0.29, 0.717) is 11.6 Å². The lowest BCUT2D eigenvalue weighted by atomic mass is 10.1. The third kappa shape index (κ3) is 4.13. The first kappa shape index (κ1) is 14.7. The van der Waals surface area contributed by atoms with E-state index in [9.17, 15) is 4.39 Å². The lowest BCUT2D eigenvalue weighted by Gasteiger charge is -2.20. The maximum atomic E-state index is 13.9. The van der Waals surface area contributed by atoms with Crippen molar-refractivity contribution in [3.63, 3.8) is 0 Å². The molecule has 0 spiro atoms. The monoisotopic (exact) mass is 341 g/mol. The summed E-state index contributed by atoms with van der Waals surface area (Å²) in [6.45, 7) is 4.13. The van der Waals surface area contributed by atoms with Crippen LogP contribution >= 0.6 is 27.3 Å². The number of thiophene rings is 1. The molecular formula is C15H17BrFNS. The van der Waals surface area contributed by atoms with E-state index in [1.165, 1.54) is 10.9 Å². The maximum absolute atomic E-state index is 13.9. The highest BCUT2D eigenvalue weighted by molar-refractivity contribution is 9.10. The average Bonchev–Trinajstić information content (AvgIpc) is 2.81. The number of nitrogens with one attached hydrogen (secondary N) is 1. The lowest BCUT2D eigenvalue weighted by Crippen LogP contribution is -2.30. The first-order valence-corrected chi connectivity index (χ1v) is 7.97. The Morgan fingerprint density at radius 3 is 2.74 bits per heavy atom. The molecule has 2 atom stereocenters. The summed E-state index contributed by atoms with van der Waals surface area (Å²) in [5.41, 5.74) is 0.709. The lowest BCUT2D eigenvalue weighted by molar-refractivity contribution is 0.462. The van der Waals surface area contributed by atoms with Gasteiger partial charge in [-0.25, -0.2) is 4.39 Å². The van der Waals surface area contributed by atoms with Crippen LogP contribution in [0.1, 0.15) is 30.3 Å². The number of rotatable bonds is 5. The van der Waals surface area contributed by atoms with Crippen molar-refractivity contribution in [2.45, 2.75) is 32.4 Å². The van der Waals surface area contributed by atoms with Gasteiger partial charge in [0.05, 0.1) is 0 Å². The fourth-order valence-corrected chi connectivity index (χ4v) is 3.33. The van der Waals surface area contributed by atoms with Crippen LogP contribution in [0.5, 0.6) is 0 Å². The molecule has 1 aromatic carbocycles.